The van der Waals surface area contributed by atoms with Gasteiger partial charge in [-0.15, -0.1) is 0 Å². The van der Waals surface area contributed by atoms with Crippen LogP contribution in [0.3, 0.4) is 0 Å². The van der Waals surface area contributed by atoms with Gasteiger partial charge in [-0.3, -0.25) is 0 Å². The smallest absolute Gasteiger partial charge is 0.165 e. The van der Waals surface area contributed by atoms with Gasteiger partial charge in [-0.2, -0.15) is 0 Å². The van der Waals surface area contributed by atoms with Gasteiger partial charge in [0.15, 0.2) is 11.6 Å². The zero-order valence-electron chi connectivity index (χ0n) is 8.87. The Bertz CT molecular complexity index is 349. The molecule has 1 atom stereocenters. The van der Waals surface area contributed by atoms with Gasteiger partial charge < -0.3 is 10.5 Å². The Morgan fingerprint density at radius 2 is 2.27 bits per heavy atom. The molecule has 1 fully saturated rings. The molecule has 0 spiro atoms. The number of halogens is 1. The third-order valence-corrected chi connectivity index (χ3v) is 2.89. The molecule has 2 N–H and O–H groups in total. The molecule has 1 aromatic carbocycles. The number of benzene rings is 1. The first-order valence-electron chi connectivity index (χ1n) is 5.29. The SMILES string of the molecule is COc1ccc([C@H](N)CC2CC2)cc1F. The number of hydrogen-bond donors (Lipinski definition) is 1. The summed E-state index contributed by atoms with van der Waals surface area (Å²) in [5.41, 5.74) is 6.85. The summed E-state index contributed by atoms with van der Waals surface area (Å²) >= 11 is 0. The Hall–Kier alpha value is -1.09. The first-order chi connectivity index (χ1) is 7.20. The summed E-state index contributed by atoms with van der Waals surface area (Å²) in [5, 5.41) is 0. The van der Waals surface area contributed by atoms with Gasteiger partial charge in [-0.25, -0.2) is 4.39 Å². The van der Waals surface area contributed by atoms with Crippen LogP contribution in [0.15, 0.2) is 18.2 Å². The van der Waals surface area contributed by atoms with Crippen LogP contribution in [0.25, 0.3) is 0 Å². The fraction of sp³-hybridized carbons (Fsp3) is 0.500. The molecule has 1 saturated carbocycles. The topological polar surface area (TPSA) is 35.2 Å². The van der Waals surface area contributed by atoms with Crippen molar-refractivity contribution in [1.82, 2.24) is 0 Å². The first-order valence-corrected chi connectivity index (χ1v) is 5.29. The maximum Gasteiger partial charge on any atom is 0.165 e. The van der Waals surface area contributed by atoms with Crippen molar-refractivity contribution in [3.8, 4) is 5.75 Å². The van der Waals surface area contributed by atoms with Crippen LogP contribution in [-0.2, 0) is 0 Å². The van der Waals surface area contributed by atoms with Gasteiger partial charge in [0.25, 0.3) is 0 Å². The molecule has 0 heterocycles. The van der Waals surface area contributed by atoms with E-state index < -0.39 is 0 Å². The second kappa shape index (κ2) is 4.19. The molecular formula is C12H16FNO. The normalized spacial score (nSPS) is 17.5. The molecule has 0 radical (unpaired) electrons. The summed E-state index contributed by atoms with van der Waals surface area (Å²) in [4.78, 5) is 0. The van der Waals surface area contributed by atoms with E-state index in [0.717, 1.165) is 17.9 Å². The highest BCUT2D eigenvalue weighted by molar-refractivity contribution is 5.30. The third kappa shape index (κ3) is 2.48. The molecule has 0 aliphatic heterocycles. The molecule has 0 saturated heterocycles. The predicted molar refractivity (Wildman–Crippen MR) is 57.2 cm³/mol. The van der Waals surface area contributed by atoms with Crippen LogP contribution in [0.4, 0.5) is 4.39 Å². The average molecular weight is 209 g/mol. The molecule has 0 aromatic heterocycles. The molecule has 0 unspecified atom stereocenters. The molecule has 1 aliphatic carbocycles. The summed E-state index contributed by atoms with van der Waals surface area (Å²) in [5.74, 6) is 0.698. The maximum atomic E-state index is 13.4. The summed E-state index contributed by atoms with van der Waals surface area (Å²) in [7, 11) is 1.46. The van der Waals surface area contributed by atoms with Crippen LogP contribution < -0.4 is 10.5 Å². The zero-order valence-corrected chi connectivity index (χ0v) is 8.87. The predicted octanol–water partition coefficient (Wildman–Crippen LogP) is 2.63. The van der Waals surface area contributed by atoms with Gasteiger partial charge in [-0.1, -0.05) is 18.9 Å². The summed E-state index contributed by atoms with van der Waals surface area (Å²) in [6, 6.07) is 4.91. The number of hydrogen-bond acceptors (Lipinski definition) is 2. The van der Waals surface area contributed by atoms with Crippen molar-refractivity contribution in [2.24, 2.45) is 11.7 Å². The maximum absolute atomic E-state index is 13.4. The monoisotopic (exact) mass is 209 g/mol. The number of nitrogens with two attached hydrogens (primary N) is 1. The lowest BCUT2D eigenvalue weighted by molar-refractivity contribution is 0.385. The summed E-state index contributed by atoms with van der Waals surface area (Å²) in [6.45, 7) is 0. The van der Waals surface area contributed by atoms with E-state index in [-0.39, 0.29) is 17.6 Å². The minimum absolute atomic E-state index is 0.0436. The first kappa shape index (κ1) is 10.4. The highest BCUT2D eigenvalue weighted by atomic mass is 19.1. The minimum atomic E-state index is -0.332. The molecule has 1 aliphatic rings. The van der Waals surface area contributed by atoms with Gasteiger partial charge in [0, 0.05) is 6.04 Å². The quantitative estimate of drug-likeness (QED) is 0.827. The second-order valence-electron chi connectivity index (χ2n) is 4.18. The van der Waals surface area contributed by atoms with Gasteiger partial charge in [0.1, 0.15) is 0 Å². The van der Waals surface area contributed by atoms with E-state index in [1.807, 2.05) is 6.07 Å². The van der Waals surface area contributed by atoms with E-state index in [2.05, 4.69) is 0 Å². The molecule has 3 heteroatoms. The molecule has 2 nitrogen and oxygen atoms in total. The lowest BCUT2D eigenvalue weighted by Crippen LogP contribution is -2.11. The highest BCUT2D eigenvalue weighted by Crippen LogP contribution is 2.37. The number of rotatable bonds is 4. The standard InChI is InChI=1S/C12H16FNO/c1-15-12-5-4-9(7-10(12)13)11(14)6-8-2-3-8/h4-5,7-8,11H,2-3,6,14H2,1H3/t11-/m1/s1. The second-order valence-corrected chi connectivity index (χ2v) is 4.18. The lowest BCUT2D eigenvalue weighted by Gasteiger charge is -2.12. The van der Waals surface area contributed by atoms with E-state index in [1.165, 1.54) is 26.0 Å². The third-order valence-electron chi connectivity index (χ3n) is 2.89. The van der Waals surface area contributed by atoms with E-state index in [0.29, 0.717) is 0 Å². The van der Waals surface area contributed by atoms with E-state index in [4.69, 9.17) is 10.5 Å². The molecule has 1 aromatic rings. The fourth-order valence-corrected chi connectivity index (χ4v) is 1.76. The van der Waals surface area contributed by atoms with Gasteiger partial charge in [0.2, 0.25) is 0 Å². The Balaban J connectivity index is 2.09. The van der Waals surface area contributed by atoms with E-state index >= 15 is 0 Å². The molecule has 0 amide bonds. The van der Waals surface area contributed by atoms with Crippen LogP contribution in [0.5, 0.6) is 5.75 Å². The molecular weight excluding hydrogens is 193 g/mol. The zero-order chi connectivity index (χ0) is 10.8. The Morgan fingerprint density at radius 1 is 1.53 bits per heavy atom. The largest absolute Gasteiger partial charge is 0.494 e. The fourth-order valence-electron chi connectivity index (χ4n) is 1.76. The summed E-state index contributed by atoms with van der Waals surface area (Å²) in [6.07, 6.45) is 3.50. The van der Waals surface area contributed by atoms with Crippen LogP contribution in [0.1, 0.15) is 30.9 Å². The van der Waals surface area contributed by atoms with Gasteiger partial charge in [-0.05, 0) is 30.0 Å². The van der Waals surface area contributed by atoms with Crippen molar-refractivity contribution in [3.05, 3.63) is 29.6 Å². The van der Waals surface area contributed by atoms with Crippen LogP contribution in [0, 0.1) is 11.7 Å². The number of ether oxygens (including phenoxy) is 1. The Kier molecular flexibility index (Phi) is 2.91. The number of methoxy groups -OCH3 is 1. The van der Waals surface area contributed by atoms with Crippen molar-refractivity contribution < 1.29 is 9.13 Å². The van der Waals surface area contributed by atoms with Gasteiger partial charge in [0.05, 0.1) is 7.11 Å². The molecule has 2 rings (SSSR count). The molecule has 82 valence electrons. The minimum Gasteiger partial charge on any atom is -0.494 e. The Labute approximate surface area is 89.2 Å². The van der Waals surface area contributed by atoms with Crippen molar-refractivity contribution in [2.75, 3.05) is 7.11 Å². The van der Waals surface area contributed by atoms with Crippen molar-refractivity contribution in [2.45, 2.75) is 25.3 Å². The van der Waals surface area contributed by atoms with Crippen LogP contribution >= 0.6 is 0 Å². The summed E-state index contributed by atoms with van der Waals surface area (Å²) < 4.78 is 18.2. The van der Waals surface area contributed by atoms with Crippen molar-refractivity contribution in [3.63, 3.8) is 0 Å². The highest BCUT2D eigenvalue weighted by Gasteiger charge is 2.24. The molecule has 15 heavy (non-hydrogen) atoms. The van der Waals surface area contributed by atoms with Crippen molar-refractivity contribution in [1.29, 1.82) is 0 Å². The Morgan fingerprint density at radius 3 is 2.80 bits per heavy atom. The lowest BCUT2D eigenvalue weighted by atomic mass is 10.0. The molecule has 0 bridgehead atoms. The van der Waals surface area contributed by atoms with E-state index in [9.17, 15) is 4.39 Å². The average Bonchev–Trinajstić information content (AvgIpc) is 3.01. The van der Waals surface area contributed by atoms with Gasteiger partial charge >= 0.3 is 0 Å². The van der Waals surface area contributed by atoms with Crippen molar-refractivity contribution >= 4 is 0 Å². The van der Waals surface area contributed by atoms with Crippen LogP contribution in [0.2, 0.25) is 0 Å². The van der Waals surface area contributed by atoms with Crippen LogP contribution in [-0.4, -0.2) is 7.11 Å². The van der Waals surface area contributed by atoms with E-state index in [1.54, 1.807) is 6.07 Å².